The minimum absolute atomic E-state index is 0.0762. The number of nitro groups is 1. The molecule has 7 heteroatoms. The van der Waals surface area contributed by atoms with Gasteiger partial charge in [0.05, 0.1) is 29.5 Å². The number of pyridine rings is 1. The van der Waals surface area contributed by atoms with E-state index in [2.05, 4.69) is 4.98 Å². The molecule has 18 heavy (non-hydrogen) atoms. The van der Waals surface area contributed by atoms with Gasteiger partial charge < -0.3 is 10.6 Å². The fourth-order valence-electron chi connectivity index (χ4n) is 1.58. The summed E-state index contributed by atoms with van der Waals surface area (Å²) < 4.78 is 0. The number of aromatic nitrogens is 1. The molecular formula is C11H15N5O2. The first kappa shape index (κ1) is 13.7. The zero-order valence-electron chi connectivity index (χ0n) is 10.3. The lowest BCUT2D eigenvalue weighted by atomic mass is 10.2. The van der Waals surface area contributed by atoms with E-state index in [1.54, 1.807) is 0 Å². The highest BCUT2D eigenvalue weighted by molar-refractivity contribution is 5.54. The lowest BCUT2D eigenvalue weighted by Gasteiger charge is -2.26. The van der Waals surface area contributed by atoms with E-state index in [1.807, 2.05) is 24.8 Å². The van der Waals surface area contributed by atoms with E-state index in [1.165, 1.54) is 12.1 Å². The van der Waals surface area contributed by atoms with Crippen LogP contribution in [0.1, 0.15) is 20.3 Å². The zero-order chi connectivity index (χ0) is 13.7. The molecule has 0 aliphatic heterocycles. The Morgan fingerprint density at radius 1 is 1.61 bits per heavy atom. The number of anilines is 2. The molecule has 0 aliphatic rings. The third-order valence-electron chi connectivity index (χ3n) is 2.41. The van der Waals surface area contributed by atoms with E-state index >= 15 is 0 Å². The first-order chi connectivity index (χ1) is 8.45. The van der Waals surface area contributed by atoms with Crippen molar-refractivity contribution in [1.29, 1.82) is 5.26 Å². The molecule has 2 N–H and O–H groups in total. The summed E-state index contributed by atoms with van der Waals surface area (Å²) in [5.41, 5.74) is 5.46. The van der Waals surface area contributed by atoms with Gasteiger partial charge in [-0.25, -0.2) is 4.98 Å². The van der Waals surface area contributed by atoms with Gasteiger partial charge in [-0.05, 0) is 13.8 Å². The summed E-state index contributed by atoms with van der Waals surface area (Å²) in [5, 5.41) is 19.4. The quantitative estimate of drug-likeness (QED) is 0.628. The zero-order valence-corrected chi connectivity index (χ0v) is 10.3. The van der Waals surface area contributed by atoms with Crippen LogP contribution in [0.15, 0.2) is 12.1 Å². The molecule has 0 saturated carbocycles. The number of nitrogens with two attached hydrogens (primary N) is 1. The number of hydrogen-bond acceptors (Lipinski definition) is 6. The van der Waals surface area contributed by atoms with Gasteiger partial charge in [-0.3, -0.25) is 10.1 Å². The number of rotatable bonds is 5. The summed E-state index contributed by atoms with van der Waals surface area (Å²) in [6.45, 7) is 4.31. The number of hydrogen-bond donors (Lipinski definition) is 1. The minimum Gasteiger partial charge on any atom is -0.383 e. The monoisotopic (exact) mass is 249 g/mol. The molecule has 0 unspecified atom stereocenters. The van der Waals surface area contributed by atoms with Crippen LogP contribution in [0.25, 0.3) is 0 Å². The average molecular weight is 249 g/mol. The van der Waals surface area contributed by atoms with E-state index in [4.69, 9.17) is 11.0 Å². The molecule has 0 bridgehead atoms. The summed E-state index contributed by atoms with van der Waals surface area (Å²) in [6, 6.07) is 4.70. The highest BCUT2D eigenvalue weighted by Crippen LogP contribution is 2.23. The largest absolute Gasteiger partial charge is 0.383 e. The molecule has 1 heterocycles. The molecule has 1 rings (SSSR count). The van der Waals surface area contributed by atoms with Crippen LogP contribution in [-0.4, -0.2) is 22.5 Å². The topological polar surface area (TPSA) is 109 Å². The van der Waals surface area contributed by atoms with Crippen LogP contribution >= 0.6 is 0 Å². The van der Waals surface area contributed by atoms with Crippen LogP contribution in [0.5, 0.6) is 0 Å². The van der Waals surface area contributed by atoms with Gasteiger partial charge in [-0.2, -0.15) is 5.26 Å². The molecule has 1 aromatic rings. The van der Waals surface area contributed by atoms with Gasteiger partial charge in [0.1, 0.15) is 11.6 Å². The van der Waals surface area contributed by atoms with Crippen LogP contribution in [0.4, 0.5) is 17.3 Å². The Labute approximate surface area is 105 Å². The average Bonchev–Trinajstić information content (AvgIpc) is 2.28. The predicted molar refractivity (Wildman–Crippen MR) is 68.0 cm³/mol. The molecule has 7 nitrogen and oxygen atoms in total. The standard InChI is InChI=1S/C11H15N5O2/c1-8(2)15(5-3-4-12)11-7-9(16(17)18)6-10(13)14-11/h6-8H,3,5H2,1-2H3,(H2,13,14). The molecule has 0 atom stereocenters. The van der Waals surface area contributed by atoms with Crippen LogP contribution in [0.3, 0.4) is 0 Å². The van der Waals surface area contributed by atoms with Crippen LogP contribution < -0.4 is 10.6 Å². The summed E-state index contributed by atoms with van der Waals surface area (Å²) in [4.78, 5) is 16.1. The third kappa shape index (κ3) is 3.31. The molecule has 0 aliphatic carbocycles. The van der Waals surface area contributed by atoms with Crippen molar-refractivity contribution in [3.05, 3.63) is 22.2 Å². The summed E-state index contributed by atoms with van der Waals surface area (Å²) in [6.07, 6.45) is 0.322. The number of nitrogen functional groups attached to an aromatic ring is 1. The molecule has 0 amide bonds. The van der Waals surface area contributed by atoms with Gasteiger partial charge in [0.25, 0.3) is 5.69 Å². The van der Waals surface area contributed by atoms with Crippen molar-refractivity contribution in [2.45, 2.75) is 26.3 Å². The van der Waals surface area contributed by atoms with Crippen molar-refractivity contribution in [1.82, 2.24) is 4.98 Å². The highest BCUT2D eigenvalue weighted by Gasteiger charge is 2.16. The summed E-state index contributed by atoms with van der Waals surface area (Å²) in [5.74, 6) is 0.522. The van der Waals surface area contributed by atoms with E-state index in [0.717, 1.165) is 0 Å². The lowest BCUT2D eigenvalue weighted by Crippen LogP contribution is -2.32. The maximum absolute atomic E-state index is 10.8. The van der Waals surface area contributed by atoms with Gasteiger partial charge in [-0.1, -0.05) is 0 Å². The summed E-state index contributed by atoms with van der Waals surface area (Å²) >= 11 is 0. The first-order valence-electron chi connectivity index (χ1n) is 5.51. The van der Waals surface area contributed by atoms with E-state index in [-0.39, 0.29) is 17.5 Å². The van der Waals surface area contributed by atoms with Crippen molar-refractivity contribution in [3.63, 3.8) is 0 Å². The fraction of sp³-hybridized carbons (Fsp3) is 0.455. The van der Waals surface area contributed by atoms with Gasteiger partial charge in [-0.15, -0.1) is 0 Å². The maximum atomic E-state index is 10.8. The predicted octanol–water partition coefficient (Wildman–Crippen LogP) is 1.70. The SMILES string of the molecule is CC(C)N(CCC#N)c1cc([N+](=O)[O-])cc(N)n1. The number of nitrogens with zero attached hydrogens (tertiary/aromatic N) is 4. The Morgan fingerprint density at radius 3 is 2.78 bits per heavy atom. The second-order valence-electron chi connectivity index (χ2n) is 4.06. The van der Waals surface area contributed by atoms with Crippen LogP contribution in [0.2, 0.25) is 0 Å². The van der Waals surface area contributed by atoms with E-state index < -0.39 is 4.92 Å². The minimum atomic E-state index is -0.510. The summed E-state index contributed by atoms with van der Waals surface area (Å²) in [7, 11) is 0. The Balaban J connectivity index is 3.12. The Kier molecular flexibility index (Phi) is 4.43. The number of nitriles is 1. The Morgan fingerprint density at radius 2 is 2.28 bits per heavy atom. The van der Waals surface area contributed by atoms with Crippen molar-refractivity contribution in [2.24, 2.45) is 0 Å². The molecule has 0 saturated heterocycles. The Hall–Kier alpha value is -2.36. The molecule has 1 aromatic heterocycles. The molecule has 0 fully saturated rings. The Bertz CT molecular complexity index is 481. The molecule has 0 aromatic carbocycles. The van der Waals surface area contributed by atoms with E-state index in [0.29, 0.717) is 18.8 Å². The lowest BCUT2D eigenvalue weighted by molar-refractivity contribution is -0.384. The second kappa shape index (κ2) is 5.82. The third-order valence-corrected chi connectivity index (χ3v) is 2.41. The van der Waals surface area contributed by atoms with Crippen molar-refractivity contribution in [2.75, 3.05) is 17.2 Å². The first-order valence-corrected chi connectivity index (χ1v) is 5.51. The van der Waals surface area contributed by atoms with Crippen molar-refractivity contribution < 1.29 is 4.92 Å². The smallest absolute Gasteiger partial charge is 0.276 e. The van der Waals surface area contributed by atoms with E-state index in [9.17, 15) is 10.1 Å². The highest BCUT2D eigenvalue weighted by atomic mass is 16.6. The fourth-order valence-corrected chi connectivity index (χ4v) is 1.58. The normalized spacial score (nSPS) is 10.1. The second-order valence-corrected chi connectivity index (χ2v) is 4.06. The van der Waals surface area contributed by atoms with Gasteiger partial charge >= 0.3 is 0 Å². The van der Waals surface area contributed by atoms with Crippen LogP contribution in [-0.2, 0) is 0 Å². The molecule has 0 radical (unpaired) electrons. The van der Waals surface area contributed by atoms with Crippen molar-refractivity contribution >= 4 is 17.3 Å². The molecular weight excluding hydrogens is 234 g/mol. The molecule has 96 valence electrons. The van der Waals surface area contributed by atoms with Crippen LogP contribution in [0, 0.1) is 21.4 Å². The maximum Gasteiger partial charge on any atom is 0.276 e. The molecule has 0 spiro atoms. The van der Waals surface area contributed by atoms with Crippen molar-refractivity contribution in [3.8, 4) is 6.07 Å². The van der Waals surface area contributed by atoms with Gasteiger partial charge in [0.2, 0.25) is 0 Å². The van der Waals surface area contributed by atoms with Gasteiger partial charge in [0, 0.05) is 12.6 Å². The van der Waals surface area contributed by atoms with Gasteiger partial charge in [0.15, 0.2) is 0 Å².